The van der Waals surface area contributed by atoms with Gasteiger partial charge in [0.05, 0.1) is 8.07 Å². The van der Waals surface area contributed by atoms with Gasteiger partial charge in [0.1, 0.15) is 0 Å². The Bertz CT molecular complexity index is 198. The van der Waals surface area contributed by atoms with Crippen molar-refractivity contribution in [3.63, 3.8) is 0 Å². The zero-order chi connectivity index (χ0) is 13.1. The molecule has 0 saturated carbocycles. The fraction of sp³-hybridized carbons (Fsp3) is 0.875. The molecular weight excluding hydrogens is 220 g/mol. The quantitative estimate of drug-likeness (QED) is 0.315. The zero-order valence-electron chi connectivity index (χ0n) is 12.9. The average molecular weight is 255 g/mol. The van der Waals surface area contributed by atoms with Gasteiger partial charge in [0.2, 0.25) is 0 Å². The van der Waals surface area contributed by atoms with Crippen molar-refractivity contribution in [2.75, 3.05) is 0 Å². The molecule has 0 rings (SSSR count). The standard InChI is InChI=1S/C16H34Si/c1-6-7-8-9-10-11-12-13-14-16(2)15-17(3,4)5/h15H,6-14H2,1-5H3/b16-15+. The van der Waals surface area contributed by atoms with Crippen LogP contribution < -0.4 is 0 Å². The molecule has 0 saturated heterocycles. The van der Waals surface area contributed by atoms with E-state index in [0.29, 0.717) is 0 Å². The molecule has 0 aromatic carbocycles. The Labute approximate surface area is 111 Å². The summed E-state index contributed by atoms with van der Waals surface area (Å²) in [5, 5.41) is 0. The summed E-state index contributed by atoms with van der Waals surface area (Å²) < 4.78 is 0. The maximum absolute atomic E-state index is 2.56. The molecule has 0 heterocycles. The summed E-state index contributed by atoms with van der Waals surface area (Å²) >= 11 is 0. The van der Waals surface area contributed by atoms with E-state index in [0.717, 1.165) is 0 Å². The molecule has 1 heteroatoms. The molecule has 17 heavy (non-hydrogen) atoms. The van der Waals surface area contributed by atoms with Gasteiger partial charge in [0, 0.05) is 0 Å². The van der Waals surface area contributed by atoms with Gasteiger partial charge in [0.15, 0.2) is 0 Å². The van der Waals surface area contributed by atoms with Crippen molar-refractivity contribution in [2.45, 2.75) is 91.3 Å². The minimum Gasteiger partial charge on any atom is -0.0961 e. The maximum Gasteiger partial charge on any atom is 0.0686 e. The lowest BCUT2D eigenvalue weighted by Crippen LogP contribution is -2.16. The molecule has 0 radical (unpaired) electrons. The molecule has 0 unspecified atom stereocenters. The van der Waals surface area contributed by atoms with E-state index in [-0.39, 0.29) is 0 Å². The van der Waals surface area contributed by atoms with Crippen LogP contribution in [0, 0.1) is 0 Å². The molecule has 0 atom stereocenters. The number of rotatable bonds is 10. The summed E-state index contributed by atoms with van der Waals surface area (Å²) in [6.07, 6.45) is 12.8. The summed E-state index contributed by atoms with van der Waals surface area (Å²) in [5.74, 6) is 0. The van der Waals surface area contributed by atoms with Gasteiger partial charge in [-0.25, -0.2) is 0 Å². The lowest BCUT2D eigenvalue weighted by Gasteiger charge is -2.11. The van der Waals surface area contributed by atoms with Crippen LogP contribution in [0.5, 0.6) is 0 Å². The Hall–Kier alpha value is -0.0431. The van der Waals surface area contributed by atoms with E-state index in [1.807, 2.05) is 0 Å². The second kappa shape index (κ2) is 9.93. The fourth-order valence-corrected chi connectivity index (χ4v) is 3.97. The van der Waals surface area contributed by atoms with Gasteiger partial charge < -0.3 is 0 Å². The van der Waals surface area contributed by atoms with E-state index in [1.165, 1.54) is 57.8 Å². The lowest BCUT2D eigenvalue weighted by molar-refractivity contribution is 0.575. The van der Waals surface area contributed by atoms with E-state index in [1.54, 1.807) is 5.57 Å². The van der Waals surface area contributed by atoms with Gasteiger partial charge in [-0.3, -0.25) is 0 Å². The molecular formula is C16H34Si. The van der Waals surface area contributed by atoms with Crippen LogP contribution >= 0.6 is 0 Å². The number of allylic oxidation sites excluding steroid dienone is 1. The van der Waals surface area contributed by atoms with Crippen molar-refractivity contribution < 1.29 is 0 Å². The van der Waals surface area contributed by atoms with Crippen LogP contribution in [0.15, 0.2) is 11.3 Å². The van der Waals surface area contributed by atoms with Crippen LogP contribution in [0.3, 0.4) is 0 Å². The molecule has 0 nitrogen and oxygen atoms in total. The molecule has 0 aromatic heterocycles. The van der Waals surface area contributed by atoms with E-state index in [4.69, 9.17) is 0 Å². The minimum atomic E-state index is -0.973. The van der Waals surface area contributed by atoms with Gasteiger partial charge in [0.25, 0.3) is 0 Å². The molecule has 0 aromatic rings. The third-order valence-corrected chi connectivity index (χ3v) is 4.46. The van der Waals surface area contributed by atoms with Crippen molar-refractivity contribution in [2.24, 2.45) is 0 Å². The molecule has 0 aliphatic rings. The van der Waals surface area contributed by atoms with Crippen LogP contribution in [0.1, 0.15) is 71.6 Å². The van der Waals surface area contributed by atoms with Gasteiger partial charge in [-0.2, -0.15) is 0 Å². The van der Waals surface area contributed by atoms with E-state index in [9.17, 15) is 0 Å². The first-order valence-electron chi connectivity index (χ1n) is 7.64. The largest absolute Gasteiger partial charge is 0.0961 e. The molecule has 0 fully saturated rings. The van der Waals surface area contributed by atoms with Gasteiger partial charge in [-0.05, 0) is 19.8 Å². The predicted molar refractivity (Wildman–Crippen MR) is 84.3 cm³/mol. The first kappa shape index (κ1) is 17.0. The number of hydrogen-bond acceptors (Lipinski definition) is 0. The highest BCUT2D eigenvalue weighted by Gasteiger charge is 2.08. The Morgan fingerprint density at radius 1 is 0.824 bits per heavy atom. The third kappa shape index (κ3) is 13.9. The molecule has 0 aliphatic heterocycles. The molecule has 0 N–H and O–H groups in total. The van der Waals surface area contributed by atoms with Crippen LogP contribution in [-0.4, -0.2) is 8.07 Å². The SMILES string of the molecule is CCCCCCCCCC/C(C)=C/[Si](C)(C)C. The molecule has 0 bridgehead atoms. The summed E-state index contributed by atoms with van der Waals surface area (Å²) in [5.41, 5.74) is 4.20. The first-order chi connectivity index (χ1) is 7.95. The van der Waals surface area contributed by atoms with Crippen LogP contribution in [0.4, 0.5) is 0 Å². The van der Waals surface area contributed by atoms with Gasteiger partial charge in [-0.15, -0.1) is 0 Å². The van der Waals surface area contributed by atoms with Crippen LogP contribution in [0.25, 0.3) is 0 Å². The summed E-state index contributed by atoms with van der Waals surface area (Å²) in [7, 11) is -0.973. The normalized spacial score (nSPS) is 13.1. The van der Waals surface area contributed by atoms with E-state index < -0.39 is 8.07 Å². The summed E-state index contributed by atoms with van der Waals surface area (Å²) in [4.78, 5) is 0. The first-order valence-corrected chi connectivity index (χ1v) is 11.2. The minimum absolute atomic E-state index is 0.973. The third-order valence-electron chi connectivity index (χ3n) is 3.10. The highest BCUT2D eigenvalue weighted by molar-refractivity contribution is 6.81. The highest BCUT2D eigenvalue weighted by atomic mass is 28.3. The predicted octanol–water partition coefficient (Wildman–Crippen LogP) is 6.34. The summed E-state index contributed by atoms with van der Waals surface area (Å²) in [6, 6.07) is 0. The van der Waals surface area contributed by atoms with Crippen molar-refractivity contribution in [1.82, 2.24) is 0 Å². The monoisotopic (exact) mass is 254 g/mol. The van der Waals surface area contributed by atoms with Gasteiger partial charge >= 0.3 is 0 Å². The van der Waals surface area contributed by atoms with Crippen LogP contribution in [0.2, 0.25) is 19.6 Å². The second-order valence-corrected chi connectivity index (χ2v) is 11.6. The molecule has 102 valence electrons. The topological polar surface area (TPSA) is 0 Å². The van der Waals surface area contributed by atoms with Gasteiger partial charge in [-0.1, -0.05) is 82.8 Å². The Balaban J connectivity index is 3.37. The lowest BCUT2D eigenvalue weighted by atomic mass is 10.1. The molecule has 0 amide bonds. The Morgan fingerprint density at radius 2 is 1.29 bits per heavy atom. The van der Waals surface area contributed by atoms with Crippen molar-refractivity contribution in [3.05, 3.63) is 11.3 Å². The molecule has 0 aliphatic carbocycles. The number of unbranched alkanes of at least 4 members (excludes halogenated alkanes) is 7. The Morgan fingerprint density at radius 3 is 1.76 bits per heavy atom. The maximum atomic E-state index is 2.56. The number of hydrogen-bond donors (Lipinski definition) is 0. The molecule has 0 spiro atoms. The second-order valence-electron chi connectivity index (χ2n) is 6.58. The van der Waals surface area contributed by atoms with Crippen molar-refractivity contribution in [1.29, 1.82) is 0 Å². The Kier molecular flexibility index (Phi) is 9.91. The van der Waals surface area contributed by atoms with Crippen molar-refractivity contribution >= 4 is 8.07 Å². The fourth-order valence-electron chi connectivity index (χ4n) is 2.35. The average Bonchev–Trinajstić information content (AvgIpc) is 2.19. The van der Waals surface area contributed by atoms with Crippen LogP contribution in [-0.2, 0) is 0 Å². The smallest absolute Gasteiger partial charge is 0.0686 e. The van der Waals surface area contributed by atoms with E-state index in [2.05, 4.69) is 39.2 Å². The summed E-state index contributed by atoms with van der Waals surface area (Å²) in [6.45, 7) is 11.9. The van der Waals surface area contributed by atoms with Crippen molar-refractivity contribution in [3.8, 4) is 0 Å². The zero-order valence-corrected chi connectivity index (χ0v) is 13.9. The highest BCUT2D eigenvalue weighted by Crippen LogP contribution is 2.15. The van der Waals surface area contributed by atoms with E-state index >= 15 is 0 Å².